The van der Waals surface area contributed by atoms with Crippen LogP contribution in [-0.4, -0.2) is 52.8 Å². The molecule has 9 heteroatoms. The molecule has 142 valence electrons. The van der Waals surface area contributed by atoms with Gasteiger partial charge in [-0.15, -0.1) is 0 Å². The number of H-pyrrole nitrogens is 1. The van der Waals surface area contributed by atoms with E-state index in [1.807, 2.05) is 4.90 Å². The standard InChI is InChI=1S/C17H24N4O4S/c1-26(24,25)20-9-7-12-13(10-20)18-15(19-16(12)22)14-4-2-3-8-21(14)17(23)11-5-6-11/h11,14H,2-10H2,1H3,(H,18,19,22)/t14-/m0/s1. The molecule has 1 aromatic heterocycles. The minimum Gasteiger partial charge on any atom is -0.332 e. The average Bonchev–Trinajstić information content (AvgIpc) is 3.45. The Labute approximate surface area is 152 Å². The van der Waals surface area contributed by atoms with Crippen LogP contribution in [0.2, 0.25) is 0 Å². The number of aromatic nitrogens is 2. The lowest BCUT2D eigenvalue weighted by Crippen LogP contribution is -2.42. The topological polar surface area (TPSA) is 103 Å². The van der Waals surface area contributed by atoms with E-state index in [2.05, 4.69) is 9.97 Å². The number of amides is 1. The Morgan fingerprint density at radius 1 is 1.19 bits per heavy atom. The molecule has 0 aromatic carbocycles. The Kier molecular flexibility index (Phi) is 4.38. The lowest BCUT2D eigenvalue weighted by Gasteiger charge is -2.36. The molecule has 0 bridgehead atoms. The van der Waals surface area contributed by atoms with Crippen molar-refractivity contribution in [2.75, 3.05) is 19.3 Å². The quantitative estimate of drug-likeness (QED) is 0.825. The molecule has 3 heterocycles. The predicted molar refractivity (Wildman–Crippen MR) is 94.8 cm³/mol. The third-order valence-corrected chi connectivity index (χ3v) is 6.80. The summed E-state index contributed by atoms with van der Waals surface area (Å²) < 4.78 is 25.0. The number of carbonyl (C=O) groups excluding carboxylic acids is 1. The molecule has 1 saturated carbocycles. The number of sulfonamides is 1. The van der Waals surface area contributed by atoms with Crippen LogP contribution in [0.1, 0.15) is 55.2 Å². The molecule has 2 aliphatic heterocycles. The zero-order valence-corrected chi connectivity index (χ0v) is 15.7. The minimum absolute atomic E-state index is 0.119. The maximum atomic E-state index is 12.6. The summed E-state index contributed by atoms with van der Waals surface area (Å²) in [7, 11) is -3.33. The van der Waals surface area contributed by atoms with Gasteiger partial charge in [-0.05, 0) is 38.5 Å². The van der Waals surface area contributed by atoms with Gasteiger partial charge in [0.2, 0.25) is 15.9 Å². The lowest BCUT2D eigenvalue weighted by atomic mass is 10.00. The van der Waals surface area contributed by atoms with Crippen molar-refractivity contribution in [2.45, 2.75) is 51.1 Å². The number of hydrogen-bond acceptors (Lipinski definition) is 5. The number of aromatic amines is 1. The van der Waals surface area contributed by atoms with E-state index in [-0.39, 0.29) is 30.0 Å². The Morgan fingerprint density at radius 3 is 2.65 bits per heavy atom. The fourth-order valence-electron chi connectivity index (χ4n) is 3.92. The molecule has 1 atom stereocenters. The number of nitrogens with one attached hydrogen (secondary N) is 1. The Bertz CT molecular complexity index is 891. The summed E-state index contributed by atoms with van der Waals surface area (Å²) in [6.45, 7) is 1.11. The lowest BCUT2D eigenvalue weighted by molar-refractivity contribution is -0.136. The smallest absolute Gasteiger partial charge is 0.254 e. The summed E-state index contributed by atoms with van der Waals surface area (Å²) >= 11 is 0. The summed E-state index contributed by atoms with van der Waals surface area (Å²) in [5.74, 6) is 0.784. The van der Waals surface area contributed by atoms with Gasteiger partial charge in [0.25, 0.3) is 5.56 Å². The molecule has 2 fully saturated rings. The highest BCUT2D eigenvalue weighted by molar-refractivity contribution is 7.88. The fraction of sp³-hybridized carbons (Fsp3) is 0.706. The molecule has 0 radical (unpaired) electrons. The van der Waals surface area contributed by atoms with Gasteiger partial charge in [0.05, 0.1) is 24.5 Å². The van der Waals surface area contributed by atoms with Gasteiger partial charge < -0.3 is 9.88 Å². The van der Waals surface area contributed by atoms with Crippen LogP contribution in [-0.2, 0) is 27.8 Å². The fourth-order valence-corrected chi connectivity index (χ4v) is 4.70. The van der Waals surface area contributed by atoms with Crippen LogP contribution in [0.25, 0.3) is 0 Å². The molecule has 1 amide bonds. The highest BCUT2D eigenvalue weighted by atomic mass is 32.2. The number of piperidine rings is 1. The van der Waals surface area contributed by atoms with Crippen LogP contribution in [0.15, 0.2) is 4.79 Å². The van der Waals surface area contributed by atoms with Crippen LogP contribution in [0, 0.1) is 5.92 Å². The Balaban J connectivity index is 1.67. The summed E-state index contributed by atoms with van der Waals surface area (Å²) in [5.41, 5.74) is 0.872. The van der Waals surface area contributed by atoms with Crippen molar-refractivity contribution in [2.24, 2.45) is 5.92 Å². The Morgan fingerprint density at radius 2 is 1.96 bits per heavy atom. The molecule has 1 saturated heterocycles. The summed E-state index contributed by atoms with van der Waals surface area (Å²) in [4.78, 5) is 34.5. The van der Waals surface area contributed by atoms with E-state index in [0.29, 0.717) is 36.6 Å². The molecule has 4 rings (SSSR count). The molecule has 26 heavy (non-hydrogen) atoms. The van der Waals surface area contributed by atoms with E-state index in [9.17, 15) is 18.0 Å². The molecule has 3 aliphatic rings. The van der Waals surface area contributed by atoms with Gasteiger partial charge in [-0.25, -0.2) is 13.4 Å². The predicted octanol–water partition coefficient (Wildman–Crippen LogP) is 0.551. The van der Waals surface area contributed by atoms with E-state index in [1.54, 1.807) is 0 Å². The van der Waals surface area contributed by atoms with E-state index < -0.39 is 10.0 Å². The number of nitrogens with zero attached hydrogens (tertiary/aromatic N) is 3. The summed E-state index contributed by atoms with van der Waals surface area (Å²) in [6, 6.07) is -0.219. The third-order valence-electron chi connectivity index (χ3n) is 5.55. The van der Waals surface area contributed by atoms with Crippen molar-refractivity contribution in [3.63, 3.8) is 0 Å². The van der Waals surface area contributed by atoms with Crippen molar-refractivity contribution in [3.8, 4) is 0 Å². The first kappa shape index (κ1) is 17.7. The van der Waals surface area contributed by atoms with E-state index in [4.69, 9.17) is 0 Å². The number of rotatable bonds is 3. The van der Waals surface area contributed by atoms with Gasteiger partial charge in [-0.2, -0.15) is 4.31 Å². The van der Waals surface area contributed by atoms with Gasteiger partial charge in [0.15, 0.2) is 0 Å². The minimum atomic E-state index is -3.33. The summed E-state index contributed by atoms with van der Waals surface area (Å²) in [6.07, 6.45) is 6.14. The van der Waals surface area contributed by atoms with Crippen LogP contribution in [0.5, 0.6) is 0 Å². The maximum absolute atomic E-state index is 12.6. The first-order chi connectivity index (χ1) is 12.3. The van der Waals surface area contributed by atoms with Crippen molar-refractivity contribution < 1.29 is 13.2 Å². The molecule has 0 spiro atoms. The van der Waals surface area contributed by atoms with Crippen LogP contribution in [0.4, 0.5) is 0 Å². The normalized spacial score (nSPS) is 24.3. The second-order valence-corrected chi connectivity index (χ2v) is 9.52. The van der Waals surface area contributed by atoms with Crippen LogP contribution < -0.4 is 5.56 Å². The molecular weight excluding hydrogens is 356 g/mol. The summed E-state index contributed by atoms with van der Waals surface area (Å²) in [5, 5.41) is 0. The van der Waals surface area contributed by atoms with Gasteiger partial charge >= 0.3 is 0 Å². The zero-order chi connectivity index (χ0) is 18.5. The SMILES string of the molecule is CS(=O)(=O)N1CCc2c(nc([C@@H]3CCCCN3C(=O)C3CC3)[nH]c2=O)C1. The number of likely N-dealkylation sites (tertiary alicyclic amines) is 1. The third kappa shape index (κ3) is 3.29. The highest BCUT2D eigenvalue weighted by Crippen LogP contribution is 2.37. The van der Waals surface area contributed by atoms with Crippen molar-refractivity contribution >= 4 is 15.9 Å². The molecule has 1 aromatic rings. The second-order valence-electron chi connectivity index (χ2n) is 7.54. The van der Waals surface area contributed by atoms with Crippen molar-refractivity contribution in [1.29, 1.82) is 0 Å². The molecule has 8 nitrogen and oxygen atoms in total. The first-order valence-electron chi connectivity index (χ1n) is 9.22. The molecule has 0 unspecified atom stereocenters. The van der Waals surface area contributed by atoms with Gasteiger partial charge in [0, 0.05) is 24.6 Å². The van der Waals surface area contributed by atoms with E-state index >= 15 is 0 Å². The highest BCUT2D eigenvalue weighted by Gasteiger charge is 2.39. The van der Waals surface area contributed by atoms with Gasteiger partial charge in [-0.1, -0.05) is 0 Å². The van der Waals surface area contributed by atoms with E-state index in [1.165, 1.54) is 10.6 Å². The Hall–Kier alpha value is -1.74. The van der Waals surface area contributed by atoms with Crippen molar-refractivity contribution in [3.05, 3.63) is 27.4 Å². The molecule has 1 aliphatic carbocycles. The first-order valence-corrected chi connectivity index (χ1v) is 11.1. The second kappa shape index (κ2) is 6.45. The van der Waals surface area contributed by atoms with Gasteiger partial charge in [-0.3, -0.25) is 9.59 Å². The monoisotopic (exact) mass is 380 g/mol. The molecule has 1 N–H and O–H groups in total. The van der Waals surface area contributed by atoms with E-state index in [0.717, 1.165) is 32.1 Å². The van der Waals surface area contributed by atoms with Crippen molar-refractivity contribution in [1.82, 2.24) is 19.2 Å². The largest absolute Gasteiger partial charge is 0.332 e. The molecular formula is C17H24N4O4S. The zero-order valence-electron chi connectivity index (χ0n) is 14.9. The maximum Gasteiger partial charge on any atom is 0.254 e. The van der Waals surface area contributed by atoms with Crippen LogP contribution >= 0.6 is 0 Å². The van der Waals surface area contributed by atoms with Crippen LogP contribution in [0.3, 0.4) is 0 Å². The number of carbonyl (C=O) groups is 1. The number of fused-ring (bicyclic) bond motifs is 1. The average molecular weight is 380 g/mol. The van der Waals surface area contributed by atoms with Gasteiger partial charge in [0.1, 0.15) is 5.82 Å². The number of hydrogen-bond donors (Lipinski definition) is 1.